The molecule has 0 saturated heterocycles. The lowest BCUT2D eigenvalue weighted by molar-refractivity contribution is 0.168. The van der Waals surface area contributed by atoms with Gasteiger partial charge in [-0.25, -0.2) is 0 Å². The van der Waals surface area contributed by atoms with Gasteiger partial charge in [-0.05, 0) is 40.2 Å². The number of nitrogens with one attached hydrogen (secondary N) is 1. The van der Waals surface area contributed by atoms with Crippen LogP contribution in [-0.4, -0.2) is 36.6 Å². The number of likely N-dealkylation sites (N-methyl/N-ethyl adjacent to an activating group) is 1. The number of nitrogens with zero attached hydrogens (tertiary/aromatic N) is 1. The molecule has 0 saturated carbocycles. The summed E-state index contributed by atoms with van der Waals surface area (Å²) in [4.78, 5) is 2.52. The largest absolute Gasteiger partial charge is 0.313 e. The molecule has 0 radical (unpaired) electrons. The van der Waals surface area contributed by atoms with Gasteiger partial charge >= 0.3 is 0 Å². The maximum absolute atomic E-state index is 3.63. The highest BCUT2D eigenvalue weighted by Gasteiger charge is 2.16. The highest BCUT2D eigenvalue weighted by atomic mass is 15.2. The molecule has 0 rings (SSSR count). The van der Waals surface area contributed by atoms with Crippen molar-refractivity contribution >= 4 is 0 Å². The summed E-state index contributed by atoms with van der Waals surface area (Å²) in [7, 11) is 2.26. The van der Waals surface area contributed by atoms with Crippen molar-refractivity contribution in [1.29, 1.82) is 0 Å². The molecular weight excluding hydrogens is 196 g/mol. The number of hydrogen-bond acceptors (Lipinski definition) is 2. The Morgan fingerprint density at radius 3 is 2.06 bits per heavy atom. The van der Waals surface area contributed by atoms with E-state index in [1.54, 1.807) is 0 Å². The summed E-state index contributed by atoms with van der Waals surface area (Å²) in [5, 5.41) is 3.63. The van der Waals surface area contributed by atoms with Crippen LogP contribution in [-0.2, 0) is 0 Å². The van der Waals surface area contributed by atoms with Crippen molar-refractivity contribution in [2.24, 2.45) is 0 Å². The Kier molecular flexibility index (Phi) is 8.96. The summed E-state index contributed by atoms with van der Waals surface area (Å²) < 4.78 is 0. The van der Waals surface area contributed by atoms with E-state index < -0.39 is 0 Å². The van der Waals surface area contributed by atoms with Gasteiger partial charge in [-0.15, -0.1) is 0 Å². The normalized spacial score (nSPS) is 15.8. The molecule has 1 N–H and O–H groups in total. The Hall–Kier alpha value is -0.0800. The molecule has 0 aromatic carbocycles. The van der Waals surface area contributed by atoms with E-state index in [1.807, 2.05) is 0 Å². The maximum Gasteiger partial charge on any atom is 0.0192 e. The minimum absolute atomic E-state index is 0.629. The second-order valence-corrected chi connectivity index (χ2v) is 5.08. The fraction of sp³-hybridized carbons (Fsp3) is 1.00. The van der Waals surface area contributed by atoms with E-state index in [0.29, 0.717) is 12.1 Å². The summed E-state index contributed by atoms with van der Waals surface area (Å²) in [6, 6.07) is 2.02. The molecule has 2 unspecified atom stereocenters. The highest BCUT2D eigenvalue weighted by molar-refractivity contribution is 4.74. The highest BCUT2D eigenvalue weighted by Crippen LogP contribution is 2.09. The fourth-order valence-corrected chi connectivity index (χ4v) is 2.28. The first-order valence-electron chi connectivity index (χ1n) is 7.01. The van der Waals surface area contributed by atoms with Crippen molar-refractivity contribution in [3.05, 3.63) is 0 Å². The lowest BCUT2D eigenvalue weighted by atomic mass is 10.1. The topological polar surface area (TPSA) is 15.3 Å². The van der Waals surface area contributed by atoms with Crippen molar-refractivity contribution < 1.29 is 0 Å². The zero-order valence-corrected chi connectivity index (χ0v) is 12.2. The van der Waals surface area contributed by atoms with Crippen molar-refractivity contribution in [3.63, 3.8) is 0 Å². The van der Waals surface area contributed by atoms with Crippen LogP contribution in [0.2, 0.25) is 0 Å². The average molecular weight is 228 g/mol. The van der Waals surface area contributed by atoms with Gasteiger partial charge in [0.25, 0.3) is 0 Å². The molecule has 0 fully saturated rings. The Bertz CT molecular complexity index is 155. The smallest absolute Gasteiger partial charge is 0.0192 e. The predicted molar refractivity (Wildman–Crippen MR) is 74.0 cm³/mol. The third kappa shape index (κ3) is 5.86. The van der Waals surface area contributed by atoms with Crippen LogP contribution in [0.1, 0.15) is 60.3 Å². The van der Waals surface area contributed by atoms with Crippen molar-refractivity contribution in [2.75, 3.05) is 13.6 Å². The molecule has 0 aliphatic rings. The van der Waals surface area contributed by atoms with E-state index in [4.69, 9.17) is 0 Å². The lowest BCUT2D eigenvalue weighted by Crippen LogP contribution is -2.45. The van der Waals surface area contributed by atoms with Crippen LogP contribution >= 0.6 is 0 Å². The number of rotatable bonds is 9. The average Bonchev–Trinajstić information content (AvgIpc) is 2.27. The summed E-state index contributed by atoms with van der Waals surface area (Å²) >= 11 is 0. The zero-order valence-electron chi connectivity index (χ0n) is 12.2. The Balaban J connectivity index is 3.90. The Labute approximate surface area is 103 Å². The molecule has 0 amide bonds. The predicted octanol–water partition coefficient (Wildman–Crippen LogP) is 3.27. The van der Waals surface area contributed by atoms with Crippen LogP contribution in [0, 0.1) is 0 Å². The van der Waals surface area contributed by atoms with Crippen LogP contribution in [0.4, 0.5) is 0 Å². The first-order chi connectivity index (χ1) is 7.56. The molecule has 0 aliphatic heterocycles. The summed E-state index contributed by atoms with van der Waals surface area (Å²) in [5.74, 6) is 0. The molecule has 0 heterocycles. The van der Waals surface area contributed by atoms with Crippen molar-refractivity contribution in [1.82, 2.24) is 10.2 Å². The molecule has 2 heteroatoms. The minimum atomic E-state index is 0.629. The van der Waals surface area contributed by atoms with Gasteiger partial charge in [-0.1, -0.05) is 27.2 Å². The third-order valence-corrected chi connectivity index (χ3v) is 3.70. The summed E-state index contributed by atoms with van der Waals surface area (Å²) in [6.07, 6.45) is 5.05. The van der Waals surface area contributed by atoms with Crippen LogP contribution in [0.5, 0.6) is 0 Å². The Morgan fingerprint density at radius 1 is 1.06 bits per heavy atom. The molecular formula is C14H32N2. The van der Waals surface area contributed by atoms with Crippen molar-refractivity contribution in [2.45, 2.75) is 78.4 Å². The molecule has 0 bridgehead atoms. The van der Waals surface area contributed by atoms with Crippen LogP contribution in [0.25, 0.3) is 0 Å². The molecule has 0 aromatic heterocycles. The fourth-order valence-electron chi connectivity index (χ4n) is 2.28. The van der Waals surface area contributed by atoms with Crippen LogP contribution < -0.4 is 5.32 Å². The van der Waals surface area contributed by atoms with Gasteiger partial charge in [-0.3, -0.25) is 4.90 Å². The molecule has 98 valence electrons. The number of hydrogen-bond donors (Lipinski definition) is 1. The van der Waals surface area contributed by atoms with Gasteiger partial charge in [0, 0.05) is 24.7 Å². The van der Waals surface area contributed by atoms with Gasteiger partial charge < -0.3 is 5.32 Å². The molecule has 0 spiro atoms. The van der Waals surface area contributed by atoms with Crippen molar-refractivity contribution in [3.8, 4) is 0 Å². The zero-order chi connectivity index (χ0) is 12.6. The standard InChI is InChI=1S/C14H32N2/c1-7-10-12(4)15-11-13(5)16(6)14(8-2)9-3/h12-15H,7-11H2,1-6H3. The van der Waals surface area contributed by atoms with Gasteiger partial charge in [0.1, 0.15) is 0 Å². The lowest BCUT2D eigenvalue weighted by Gasteiger charge is -2.33. The van der Waals surface area contributed by atoms with E-state index in [9.17, 15) is 0 Å². The van der Waals surface area contributed by atoms with Crippen LogP contribution in [0.3, 0.4) is 0 Å². The second-order valence-electron chi connectivity index (χ2n) is 5.08. The SMILES string of the molecule is CCCC(C)NCC(C)N(C)C(CC)CC. The summed E-state index contributed by atoms with van der Waals surface area (Å²) in [6.45, 7) is 12.5. The first kappa shape index (κ1) is 15.9. The van der Waals surface area contributed by atoms with E-state index in [-0.39, 0.29) is 0 Å². The maximum atomic E-state index is 3.63. The van der Waals surface area contributed by atoms with Crippen LogP contribution in [0.15, 0.2) is 0 Å². The molecule has 16 heavy (non-hydrogen) atoms. The molecule has 2 nitrogen and oxygen atoms in total. The van der Waals surface area contributed by atoms with Gasteiger partial charge in [0.05, 0.1) is 0 Å². The first-order valence-corrected chi connectivity index (χ1v) is 7.01. The molecule has 0 aliphatic carbocycles. The van der Waals surface area contributed by atoms with E-state index in [1.165, 1.54) is 25.7 Å². The second kappa shape index (κ2) is 9.00. The van der Waals surface area contributed by atoms with Gasteiger partial charge in [0.15, 0.2) is 0 Å². The van der Waals surface area contributed by atoms with E-state index >= 15 is 0 Å². The summed E-state index contributed by atoms with van der Waals surface area (Å²) in [5.41, 5.74) is 0. The molecule has 2 atom stereocenters. The third-order valence-electron chi connectivity index (χ3n) is 3.70. The van der Waals surface area contributed by atoms with Gasteiger partial charge in [-0.2, -0.15) is 0 Å². The quantitative estimate of drug-likeness (QED) is 0.651. The monoisotopic (exact) mass is 228 g/mol. The van der Waals surface area contributed by atoms with E-state index in [2.05, 4.69) is 51.9 Å². The molecule has 0 aromatic rings. The minimum Gasteiger partial charge on any atom is -0.313 e. The Morgan fingerprint density at radius 2 is 1.62 bits per heavy atom. The van der Waals surface area contributed by atoms with Gasteiger partial charge in [0.2, 0.25) is 0 Å². The van der Waals surface area contributed by atoms with E-state index in [0.717, 1.165) is 12.6 Å².